The molecule has 2 unspecified atom stereocenters. The molecule has 0 saturated carbocycles. The van der Waals surface area contributed by atoms with E-state index in [4.69, 9.17) is 0 Å². The van der Waals surface area contributed by atoms with Gasteiger partial charge in [-0.3, -0.25) is 4.79 Å². The van der Waals surface area contributed by atoms with Crippen molar-refractivity contribution in [2.75, 3.05) is 25.9 Å². The average Bonchev–Trinajstić information content (AvgIpc) is 2.82. The van der Waals surface area contributed by atoms with Crippen LogP contribution in [0.2, 0.25) is 0 Å². The van der Waals surface area contributed by atoms with E-state index in [9.17, 15) is 13.2 Å². The Bertz CT molecular complexity index is 474. The molecule has 6 nitrogen and oxygen atoms in total. The van der Waals surface area contributed by atoms with Crippen molar-refractivity contribution in [2.24, 2.45) is 5.92 Å². The van der Waals surface area contributed by atoms with Gasteiger partial charge in [0.05, 0.1) is 5.75 Å². The van der Waals surface area contributed by atoms with E-state index in [1.165, 1.54) is 17.1 Å². The standard InChI is InChI=1S/C15H29N3O3S.ClH/c1-3-22(20,21)18(2)8-4-7-16-15(19)11-12-9-13-5-6-14(10-12)17-13;/h12-14,17H,3-11H2,1-2H3,(H,16,19);1H. The summed E-state index contributed by atoms with van der Waals surface area (Å²) in [6.07, 6.45) is 5.99. The molecule has 2 N–H and O–H groups in total. The Morgan fingerprint density at radius 2 is 1.87 bits per heavy atom. The van der Waals surface area contributed by atoms with Crippen molar-refractivity contribution >= 4 is 28.3 Å². The van der Waals surface area contributed by atoms with Crippen molar-refractivity contribution in [3.63, 3.8) is 0 Å². The largest absolute Gasteiger partial charge is 0.356 e. The van der Waals surface area contributed by atoms with Crippen LogP contribution in [0.3, 0.4) is 0 Å². The molecular formula is C15H30ClN3O3S. The zero-order chi connectivity index (χ0) is 16.2. The van der Waals surface area contributed by atoms with Gasteiger partial charge in [-0.15, -0.1) is 12.4 Å². The second-order valence-corrected chi connectivity index (χ2v) is 8.97. The Balaban J connectivity index is 0.00000264. The van der Waals surface area contributed by atoms with Gasteiger partial charge in [0, 0.05) is 38.6 Å². The third-order valence-corrected chi connectivity index (χ3v) is 6.72. The molecule has 0 aromatic rings. The Kier molecular flexibility index (Phi) is 8.27. The van der Waals surface area contributed by atoms with Crippen molar-refractivity contribution in [2.45, 2.75) is 57.5 Å². The molecule has 2 heterocycles. The van der Waals surface area contributed by atoms with E-state index >= 15 is 0 Å². The van der Waals surface area contributed by atoms with Gasteiger partial charge in [0.2, 0.25) is 15.9 Å². The van der Waals surface area contributed by atoms with Gasteiger partial charge in [-0.2, -0.15) is 0 Å². The molecule has 23 heavy (non-hydrogen) atoms. The van der Waals surface area contributed by atoms with Crippen LogP contribution in [0.15, 0.2) is 0 Å². The lowest BCUT2D eigenvalue weighted by atomic mass is 9.89. The fourth-order valence-electron chi connectivity index (χ4n) is 3.57. The maximum atomic E-state index is 12.0. The SMILES string of the molecule is CCS(=O)(=O)N(C)CCCNC(=O)CC1CC2CCC(C1)N2.Cl. The normalized spacial score (nSPS) is 26.8. The molecule has 0 radical (unpaired) electrons. The molecule has 0 aromatic heterocycles. The minimum Gasteiger partial charge on any atom is -0.356 e. The van der Waals surface area contributed by atoms with Crippen LogP contribution in [0.1, 0.15) is 45.4 Å². The van der Waals surface area contributed by atoms with Crippen molar-refractivity contribution in [1.29, 1.82) is 0 Å². The summed E-state index contributed by atoms with van der Waals surface area (Å²) < 4.78 is 24.5. The number of halogens is 1. The number of amides is 1. The van der Waals surface area contributed by atoms with E-state index in [2.05, 4.69) is 10.6 Å². The molecule has 1 amide bonds. The van der Waals surface area contributed by atoms with E-state index in [-0.39, 0.29) is 24.1 Å². The Hall–Kier alpha value is -0.370. The van der Waals surface area contributed by atoms with Crippen molar-refractivity contribution < 1.29 is 13.2 Å². The molecule has 8 heteroatoms. The van der Waals surface area contributed by atoms with Crippen LogP contribution >= 0.6 is 12.4 Å². The molecule has 2 saturated heterocycles. The topological polar surface area (TPSA) is 78.5 Å². The zero-order valence-corrected chi connectivity index (χ0v) is 15.7. The van der Waals surface area contributed by atoms with Crippen LogP contribution in [0.25, 0.3) is 0 Å². The highest BCUT2D eigenvalue weighted by Gasteiger charge is 2.34. The number of carbonyl (C=O) groups is 1. The van der Waals surface area contributed by atoms with Crippen LogP contribution in [0.4, 0.5) is 0 Å². The highest BCUT2D eigenvalue weighted by atomic mass is 35.5. The summed E-state index contributed by atoms with van der Waals surface area (Å²) >= 11 is 0. The summed E-state index contributed by atoms with van der Waals surface area (Å²) in [7, 11) is -1.52. The predicted octanol–water partition coefficient (Wildman–Crippen LogP) is 1.12. The first kappa shape index (κ1) is 20.7. The molecule has 0 aromatic carbocycles. The molecule has 2 fully saturated rings. The molecule has 2 bridgehead atoms. The van der Waals surface area contributed by atoms with Crippen molar-refractivity contribution in [3.8, 4) is 0 Å². The van der Waals surface area contributed by atoms with E-state index in [0.717, 1.165) is 12.8 Å². The maximum Gasteiger partial charge on any atom is 0.220 e. The van der Waals surface area contributed by atoms with Crippen LogP contribution in [-0.4, -0.2) is 56.6 Å². The number of nitrogens with zero attached hydrogens (tertiary/aromatic N) is 1. The first-order valence-corrected chi connectivity index (χ1v) is 9.98. The third kappa shape index (κ3) is 6.21. The van der Waals surface area contributed by atoms with Gasteiger partial charge in [0.25, 0.3) is 0 Å². The van der Waals surface area contributed by atoms with Gasteiger partial charge in [-0.25, -0.2) is 12.7 Å². The van der Waals surface area contributed by atoms with E-state index in [1.54, 1.807) is 14.0 Å². The molecule has 2 rings (SSSR count). The molecule has 2 aliphatic heterocycles. The second kappa shape index (κ2) is 9.20. The van der Waals surface area contributed by atoms with Crippen LogP contribution in [-0.2, 0) is 14.8 Å². The Labute approximate surface area is 146 Å². The van der Waals surface area contributed by atoms with Crippen molar-refractivity contribution in [1.82, 2.24) is 14.9 Å². The molecule has 136 valence electrons. The molecule has 0 spiro atoms. The lowest BCUT2D eigenvalue weighted by Crippen LogP contribution is -2.40. The highest BCUT2D eigenvalue weighted by Crippen LogP contribution is 2.32. The number of fused-ring (bicyclic) bond motifs is 2. The summed E-state index contributed by atoms with van der Waals surface area (Å²) in [6, 6.07) is 1.23. The van der Waals surface area contributed by atoms with E-state index < -0.39 is 10.0 Å². The lowest BCUT2D eigenvalue weighted by Gasteiger charge is -2.28. The number of hydrogen-bond acceptors (Lipinski definition) is 4. The fraction of sp³-hybridized carbons (Fsp3) is 0.933. The van der Waals surface area contributed by atoms with Crippen LogP contribution in [0.5, 0.6) is 0 Å². The summed E-state index contributed by atoms with van der Waals surface area (Å²) in [5, 5.41) is 6.51. The van der Waals surface area contributed by atoms with Crippen LogP contribution < -0.4 is 10.6 Å². The lowest BCUT2D eigenvalue weighted by molar-refractivity contribution is -0.122. The predicted molar refractivity (Wildman–Crippen MR) is 94.3 cm³/mol. The maximum absolute atomic E-state index is 12.0. The van der Waals surface area contributed by atoms with Gasteiger partial charge in [0.15, 0.2) is 0 Å². The number of piperidine rings is 1. The monoisotopic (exact) mass is 367 g/mol. The van der Waals surface area contributed by atoms with Crippen molar-refractivity contribution in [3.05, 3.63) is 0 Å². The summed E-state index contributed by atoms with van der Waals surface area (Å²) in [6.45, 7) is 2.63. The minimum absolute atomic E-state index is 0. The highest BCUT2D eigenvalue weighted by molar-refractivity contribution is 7.89. The third-order valence-electron chi connectivity index (χ3n) is 4.86. The summed E-state index contributed by atoms with van der Waals surface area (Å²) in [4.78, 5) is 12.0. The summed E-state index contributed by atoms with van der Waals surface area (Å²) in [5.74, 6) is 0.725. The van der Waals surface area contributed by atoms with E-state index in [1.807, 2.05) is 0 Å². The number of sulfonamides is 1. The Morgan fingerprint density at radius 3 is 2.43 bits per heavy atom. The molecular weight excluding hydrogens is 338 g/mol. The van der Waals surface area contributed by atoms with Gasteiger partial charge in [0.1, 0.15) is 0 Å². The Morgan fingerprint density at radius 1 is 1.26 bits per heavy atom. The van der Waals surface area contributed by atoms with Gasteiger partial charge >= 0.3 is 0 Å². The quantitative estimate of drug-likeness (QED) is 0.630. The van der Waals surface area contributed by atoms with Gasteiger partial charge in [-0.1, -0.05) is 0 Å². The van der Waals surface area contributed by atoms with E-state index in [0.29, 0.717) is 43.9 Å². The number of nitrogens with one attached hydrogen (secondary N) is 2. The fourth-order valence-corrected chi connectivity index (χ4v) is 4.41. The minimum atomic E-state index is -3.11. The summed E-state index contributed by atoms with van der Waals surface area (Å²) in [5.41, 5.74) is 0. The van der Waals surface area contributed by atoms with Crippen LogP contribution in [0, 0.1) is 5.92 Å². The number of hydrogen-bond donors (Lipinski definition) is 2. The smallest absolute Gasteiger partial charge is 0.220 e. The first-order chi connectivity index (χ1) is 10.4. The molecule has 2 atom stereocenters. The average molecular weight is 368 g/mol. The molecule has 2 aliphatic rings. The van der Waals surface area contributed by atoms with Gasteiger partial charge in [-0.05, 0) is 44.9 Å². The zero-order valence-electron chi connectivity index (χ0n) is 14.1. The number of carbonyl (C=O) groups excluding carboxylic acids is 1. The number of rotatable bonds is 8. The second-order valence-electron chi connectivity index (χ2n) is 6.61. The molecule has 0 aliphatic carbocycles. The van der Waals surface area contributed by atoms with Gasteiger partial charge < -0.3 is 10.6 Å². The first-order valence-electron chi connectivity index (χ1n) is 8.37.